The number of carbonyl (C=O) groups excluding carboxylic acids is 1. The first-order chi connectivity index (χ1) is 8.95. The second-order valence-corrected chi connectivity index (χ2v) is 6.15. The molecule has 5 nitrogen and oxygen atoms in total. The number of carboxylic acid groups (broad SMARTS) is 1. The summed E-state index contributed by atoms with van der Waals surface area (Å²) >= 11 is 0. The highest BCUT2D eigenvalue weighted by Crippen LogP contribution is 2.30. The van der Waals surface area contributed by atoms with E-state index >= 15 is 0 Å². The molecule has 0 spiro atoms. The molecule has 2 aliphatic rings. The molecule has 3 unspecified atom stereocenters. The van der Waals surface area contributed by atoms with Gasteiger partial charge in [0.05, 0.1) is 0 Å². The van der Waals surface area contributed by atoms with Crippen molar-refractivity contribution in [2.45, 2.75) is 64.0 Å². The van der Waals surface area contributed by atoms with Crippen LogP contribution in [0.3, 0.4) is 0 Å². The monoisotopic (exact) mass is 268 g/mol. The van der Waals surface area contributed by atoms with Gasteiger partial charge >= 0.3 is 12.0 Å². The van der Waals surface area contributed by atoms with Crippen LogP contribution >= 0.6 is 0 Å². The van der Waals surface area contributed by atoms with Crippen LogP contribution < -0.4 is 5.32 Å². The first kappa shape index (κ1) is 14.2. The zero-order valence-electron chi connectivity index (χ0n) is 11.8. The molecule has 1 aliphatic heterocycles. The molecule has 1 heterocycles. The summed E-state index contributed by atoms with van der Waals surface area (Å²) in [5.41, 5.74) is -1.04. The van der Waals surface area contributed by atoms with Crippen molar-refractivity contribution in [2.75, 3.05) is 6.54 Å². The number of hydrogen-bond acceptors (Lipinski definition) is 2. The van der Waals surface area contributed by atoms with Gasteiger partial charge in [0.2, 0.25) is 0 Å². The molecule has 1 saturated carbocycles. The highest BCUT2D eigenvalue weighted by Gasteiger charge is 2.46. The van der Waals surface area contributed by atoms with Gasteiger partial charge < -0.3 is 15.3 Å². The fraction of sp³-hybridized carbons (Fsp3) is 0.857. The topological polar surface area (TPSA) is 69.6 Å². The number of likely N-dealkylation sites (tertiary alicyclic amines) is 1. The van der Waals surface area contributed by atoms with Gasteiger partial charge in [-0.05, 0) is 38.5 Å². The van der Waals surface area contributed by atoms with Crippen LogP contribution in [-0.2, 0) is 4.79 Å². The van der Waals surface area contributed by atoms with Gasteiger partial charge in [0.1, 0.15) is 5.54 Å². The molecule has 2 rings (SSSR count). The second kappa shape index (κ2) is 5.39. The third kappa shape index (κ3) is 2.69. The van der Waals surface area contributed by atoms with Crippen LogP contribution in [0.1, 0.15) is 52.4 Å². The molecule has 2 amide bonds. The Labute approximate surface area is 114 Å². The third-order valence-corrected chi connectivity index (χ3v) is 4.77. The van der Waals surface area contributed by atoms with Gasteiger partial charge in [0.25, 0.3) is 0 Å². The van der Waals surface area contributed by atoms with Crippen LogP contribution in [0.15, 0.2) is 0 Å². The summed E-state index contributed by atoms with van der Waals surface area (Å²) in [7, 11) is 0. The van der Waals surface area contributed by atoms with E-state index in [-0.39, 0.29) is 12.1 Å². The lowest BCUT2D eigenvalue weighted by Gasteiger charge is -2.35. The summed E-state index contributed by atoms with van der Waals surface area (Å²) in [6.07, 6.45) is 5.81. The molecule has 3 atom stereocenters. The van der Waals surface area contributed by atoms with Crippen molar-refractivity contribution < 1.29 is 14.7 Å². The Kier molecular flexibility index (Phi) is 4.02. The number of rotatable bonds is 2. The SMILES string of the molecule is CC1CCCCC1NC(=O)N1CCCC1(C)C(=O)O. The molecule has 0 bridgehead atoms. The largest absolute Gasteiger partial charge is 0.480 e. The molecular weight excluding hydrogens is 244 g/mol. The number of carbonyl (C=O) groups is 2. The van der Waals surface area contributed by atoms with Crippen molar-refractivity contribution in [1.82, 2.24) is 10.2 Å². The number of nitrogens with zero attached hydrogens (tertiary/aromatic N) is 1. The fourth-order valence-electron chi connectivity index (χ4n) is 3.28. The number of aliphatic carboxylic acids is 1. The van der Waals surface area contributed by atoms with Crippen LogP contribution in [0.5, 0.6) is 0 Å². The Hall–Kier alpha value is -1.26. The van der Waals surface area contributed by atoms with Gasteiger partial charge in [0.15, 0.2) is 0 Å². The van der Waals surface area contributed by atoms with E-state index in [1.54, 1.807) is 6.92 Å². The molecule has 1 saturated heterocycles. The summed E-state index contributed by atoms with van der Waals surface area (Å²) in [6, 6.07) is -0.0129. The zero-order chi connectivity index (χ0) is 14.0. The first-order valence-electron chi connectivity index (χ1n) is 7.26. The van der Waals surface area contributed by atoms with E-state index in [0.29, 0.717) is 18.9 Å². The molecule has 2 N–H and O–H groups in total. The molecule has 0 aromatic heterocycles. The average molecular weight is 268 g/mol. The van der Waals surface area contributed by atoms with Crippen LogP contribution in [0.25, 0.3) is 0 Å². The minimum Gasteiger partial charge on any atom is -0.480 e. The second-order valence-electron chi connectivity index (χ2n) is 6.15. The van der Waals surface area contributed by atoms with E-state index < -0.39 is 11.5 Å². The molecule has 1 aliphatic carbocycles. The smallest absolute Gasteiger partial charge is 0.329 e. The van der Waals surface area contributed by atoms with Crippen molar-refractivity contribution in [3.8, 4) is 0 Å². The normalized spacial score (nSPS) is 35.2. The van der Waals surface area contributed by atoms with Gasteiger partial charge in [-0.15, -0.1) is 0 Å². The highest BCUT2D eigenvalue weighted by atomic mass is 16.4. The quantitative estimate of drug-likeness (QED) is 0.806. The Morgan fingerprint density at radius 2 is 1.95 bits per heavy atom. The predicted octanol–water partition coefficient (Wildman–Crippen LogP) is 2.21. The molecular formula is C14H24N2O3. The van der Waals surface area contributed by atoms with Crippen LogP contribution in [0.4, 0.5) is 4.79 Å². The van der Waals surface area contributed by atoms with E-state index in [4.69, 9.17) is 0 Å². The summed E-state index contributed by atoms with van der Waals surface area (Å²) in [6.45, 7) is 4.34. The molecule has 108 valence electrons. The molecule has 5 heteroatoms. The average Bonchev–Trinajstić information content (AvgIpc) is 2.76. The number of nitrogens with one attached hydrogen (secondary N) is 1. The summed E-state index contributed by atoms with van der Waals surface area (Å²) in [5, 5.41) is 12.4. The van der Waals surface area contributed by atoms with Crippen molar-refractivity contribution >= 4 is 12.0 Å². The van der Waals surface area contributed by atoms with Gasteiger partial charge in [-0.1, -0.05) is 19.8 Å². The standard InChI is InChI=1S/C14H24N2O3/c1-10-6-3-4-7-11(10)15-13(19)16-9-5-8-14(16,2)12(17)18/h10-11H,3-9H2,1-2H3,(H,15,19)(H,17,18). The van der Waals surface area contributed by atoms with E-state index in [1.807, 2.05) is 0 Å². The van der Waals surface area contributed by atoms with Gasteiger partial charge in [-0.25, -0.2) is 9.59 Å². The van der Waals surface area contributed by atoms with Crippen LogP contribution in [0.2, 0.25) is 0 Å². The Morgan fingerprint density at radius 1 is 1.26 bits per heavy atom. The van der Waals surface area contributed by atoms with Crippen molar-refractivity contribution in [3.05, 3.63) is 0 Å². The maximum atomic E-state index is 12.3. The minimum atomic E-state index is -1.04. The third-order valence-electron chi connectivity index (χ3n) is 4.77. The zero-order valence-corrected chi connectivity index (χ0v) is 11.8. The summed E-state index contributed by atoms with van der Waals surface area (Å²) < 4.78 is 0. The summed E-state index contributed by atoms with van der Waals surface area (Å²) in [4.78, 5) is 25.2. The van der Waals surface area contributed by atoms with E-state index in [0.717, 1.165) is 25.7 Å². The lowest BCUT2D eigenvalue weighted by molar-refractivity contribution is -0.147. The van der Waals surface area contributed by atoms with Crippen LogP contribution in [-0.4, -0.2) is 40.1 Å². The summed E-state index contributed by atoms with van der Waals surface area (Å²) in [5.74, 6) is -0.423. The Bertz CT molecular complexity index is 372. The van der Waals surface area contributed by atoms with E-state index in [2.05, 4.69) is 12.2 Å². The maximum Gasteiger partial charge on any atom is 0.329 e. The molecule has 0 radical (unpaired) electrons. The van der Waals surface area contributed by atoms with Crippen molar-refractivity contribution in [1.29, 1.82) is 0 Å². The van der Waals surface area contributed by atoms with Gasteiger partial charge in [0, 0.05) is 12.6 Å². The Balaban J connectivity index is 2.01. The molecule has 0 aromatic carbocycles. The van der Waals surface area contributed by atoms with E-state index in [9.17, 15) is 14.7 Å². The van der Waals surface area contributed by atoms with Gasteiger partial charge in [-0.2, -0.15) is 0 Å². The lowest BCUT2D eigenvalue weighted by atomic mass is 9.86. The number of urea groups is 1. The van der Waals surface area contributed by atoms with Gasteiger partial charge in [-0.3, -0.25) is 0 Å². The lowest BCUT2D eigenvalue weighted by Crippen LogP contribution is -2.56. The Morgan fingerprint density at radius 3 is 2.58 bits per heavy atom. The minimum absolute atomic E-state index is 0.194. The first-order valence-corrected chi connectivity index (χ1v) is 7.26. The van der Waals surface area contributed by atoms with Crippen molar-refractivity contribution in [3.63, 3.8) is 0 Å². The highest BCUT2D eigenvalue weighted by molar-refractivity contribution is 5.86. The molecule has 2 fully saturated rings. The fourth-order valence-corrected chi connectivity index (χ4v) is 3.28. The van der Waals surface area contributed by atoms with Crippen molar-refractivity contribution in [2.24, 2.45) is 5.92 Å². The number of amides is 2. The number of hydrogen-bond donors (Lipinski definition) is 2. The molecule has 0 aromatic rings. The molecule has 19 heavy (non-hydrogen) atoms. The predicted molar refractivity (Wildman–Crippen MR) is 71.9 cm³/mol. The van der Waals surface area contributed by atoms with E-state index in [1.165, 1.54) is 11.3 Å². The number of carboxylic acids is 1. The maximum absolute atomic E-state index is 12.3. The van der Waals surface area contributed by atoms with Crippen LogP contribution in [0, 0.1) is 5.92 Å².